The van der Waals surface area contributed by atoms with Gasteiger partial charge in [-0.15, -0.1) is 0 Å². The van der Waals surface area contributed by atoms with Crippen LogP contribution in [0.15, 0.2) is 59.6 Å². The highest BCUT2D eigenvalue weighted by Crippen LogP contribution is 2.33. The molecular formula is C24H33N3O2. The summed E-state index contributed by atoms with van der Waals surface area (Å²) >= 11 is 0. The van der Waals surface area contributed by atoms with Gasteiger partial charge in [0.25, 0.3) is 0 Å². The van der Waals surface area contributed by atoms with Crippen molar-refractivity contribution in [3.8, 4) is 0 Å². The molecule has 1 heterocycles. The van der Waals surface area contributed by atoms with Crippen LogP contribution in [0.5, 0.6) is 0 Å². The monoisotopic (exact) mass is 395 g/mol. The van der Waals surface area contributed by atoms with Crippen LogP contribution in [-0.4, -0.2) is 39.8 Å². The summed E-state index contributed by atoms with van der Waals surface area (Å²) in [7, 11) is 3.54. The van der Waals surface area contributed by atoms with E-state index in [1.54, 1.807) is 14.2 Å². The highest BCUT2D eigenvalue weighted by Gasteiger charge is 2.27. The molecule has 2 aromatic rings. The Balaban J connectivity index is 1.55. The zero-order chi connectivity index (χ0) is 20.5. The minimum absolute atomic E-state index is 0.0203. The van der Waals surface area contributed by atoms with E-state index in [4.69, 9.17) is 9.47 Å². The van der Waals surface area contributed by atoms with E-state index in [-0.39, 0.29) is 12.2 Å². The molecule has 0 saturated carbocycles. The van der Waals surface area contributed by atoms with Crippen LogP contribution >= 0.6 is 0 Å². The van der Waals surface area contributed by atoms with E-state index >= 15 is 0 Å². The van der Waals surface area contributed by atoms with Crippen LogP contribution in [0.25, 0.3) is 0 Å². The molecule has 29 heavy (non-hydrogen) atoms. The maximum absolute atomic E-state index is 6.14. The average molecular weight is 396 g/mol. The number of aliphatic imine (C=N–C) groups is 1. The Kier molecular flexibility index (Phi) is 8.08. The summed E-state index contributed by atoms with van der Waals surface area (Å²) < 4.78 is 11.8. The second-order valence-corrected chi connectivity index (χ2v) is 7.57. The molecule has 5 nitrogen and oxygen atoms in total. The summed E-state index contributed by atoms with van der Waals surface area (Å²) in [4.78, 5) is 4.38. The summed E-state index contributed by atoms with van der Waals surface area (Å²) in [5, 5.41) is 6.88. The fraction of sp³-hybridized carbons (Fsp3) is 0.458. The molecular weight excluding hydrogens is 362 g/mol. The van der Waals surface area contributed by atoms with Crippen LogP contribution < -0.4 is 10.6 Å². The van der Waals surface area contributed by atoms with Gasteiger partial charge in [0.1, 0.15) is 0 Å². The van der Waals surface area contributed by atoms with Crippen molar-refractivity contribution >= 4 is 5.96 Å². The van der Waals surface area contributed by atoms with Crippen molar-refractivity contribution in [1.82, 2.24) is 10.6 Å². The van der Waals surface area contributed by atoms with Crippen LogP contribution in [0.4, 0.5) is 0 Å². The average Bonchev–Trinajstić information content (AvgIpc) is 2.78. The molecule has 3 atom stereocenters. The smallest absolute Gasteiger partial charge is 0.191 e. The maximum atomic E-state index is 6.14. The zero-order valence-electron chi connectivity index (χ0n) is 17.7. The number of nitrogens with one attached hydrogen (secondary N) is 2. The van der Waals surface area contributed by atoms with Crippen molar-refractivity contribution < 1.29 is 9.47 Å². The second-order valence-electron chi connectivity index (χ2n) is 7.57. The van der Waals surface area contributed by atoms with E-state index in [0.717, 1.165) is 37.5 Å². The minimum atomic E-state index is -0.0203. The fourth-order valence-corrected chi connectivity index (χ4v) is 3.82. The SMILES string of the molecule is CN=C(NCC(OC)c1ccccc1)NCC1CCCOC1c1ccc(C)cc1. The third-order valence-corrected chi connectivity index (χ3v) is 5.52. The number of guanidine groups is 1. The van der Waals surface area contributed by atoms with Gasteiger partial charge in [-0.2, -0.15) is 0 Å². The third-order valence-electron chi connectivity index (χ3n) is 5.52. The van der Waals surface area contributed by atoms with Crippen LogP contribution in [0.2, 0.25) is 0 Å². The molecule has 2 aromatic carbocycles. The minimum Gasteiger partial charge on any atom is -0.375 e. The number of benzene rings is 2. The van der Waals surface area contributed by atoms with Crippen molar-refractivity contribution in [3.63, 3.8) is 0 Å². The predicted octanol–water partition coefficient (Wildman–Crippen LogP) is 4.02. The van der Waals surface area contributed by atoms with E-state index in [1.165, 1.54) is 11.1 Å². The number of rotatable bonds is 7. The van der Waals surface area contributed by atoms with Gasteiger partial charge in [-0.05, 0) is 30.9 Å². The van der Waals surface area contributed by atoms with Crippen LogP contribution in [0, 0.1) is 12.8 Å². The molecule has 0 amide bonds. The predicted molar refractivity (Wildman–Crippen MR) is 118 cm³/mol. The molecule has 0 spiro atoms. The molecule has 1 aliphatic rings. The normalized spacial score (nSPS) is 20.9. The number of aryl methyl sites for hydroxylation is 1. The molecule has 5 heteroatoms. The van der Waals surface area contributed by atoms with Crippen molar-refractivity contribution in [2.24, 2.45) is 10.9 Å². The number of ether oxygens (including phenoxy) is 2. The van der Waals surface area contributed by atoms with Crippen molar-refractivity contribution in [2.45, 2.75) is 32.0 Å². The first-order chi connectivity index (χ1) is 14.2. The topological polar surface area (TPSA) is 54.9 Å². The van der Waals surface area contributed by atoms with Gasteiger partial charge in [0.05, 0.1) is 12.2 Å². The van der Waals surface area contributed by atoms with E-state index in [1.807, 2.05) is 18.2 Å². The Morgan fingerprint density at radius 3 is 2.59 bits per heavy atom. The van der Waals surface area contributed by atoms with E-state index in [9.17, 15) is 0 Å². The number of methoxy groups -OCH3 is 1. The van der Waals surface area contributed by atoms with Gasteiger partial charge in [0, 0.05) is 39.8 Å². The first-order valence-electron chi connectivity index (χ1n) is 10.4. The summed E-state index contributed by atoms with van der Waals surface area (Å²) in [5.41, 5.74) is 3.68. The zero-order valence-corrected chi connectivity index (χ0v) is 17.7. The first kappa shape index (κ1) is 21.3. The van der Waals surface area contributed by atoms with Gasteiger partial charge < -0.3 is 20.1 Å². The Bertz CT molecular complexity index is 761. The van der Waals surface area contributed by atoms with E-state index in [0.29, 0.717) is 12.5 Å². The Morgan fingerprint density at radius 1 is 1.14 bits per heavy atom. The van der Waals surface area contributed by atoms with Gasteiger partial charge in [-0.3, -0.25) is 4.99 Å². The lowest BCUT2D eigenvalue weighted by Crippen LogP contribution is -2.43. The van der Waals surface area contributed by atoms with Gasteiger partial charge in [0.2, 0.25) is 0 Å². The highest BCUT2D eigenvalue weighted by molar-refractivity contribution is 5.79. The standard InChI is InChI=1S/C24H33N3O2/c1-18-11-13-20(14-12-18)23-21(10-7-15-29-23)16-26-24(25-2)27-17-22(28-3)19-8-5-4-6-9-19/h4-6,8-9,11-14,21-23H,7,10,15-17H2,1-3H3,(H2,25,26,27). The molecule has 0 radical (unpaired) electrons. The Labute approximate surface area is 174 Å². The number of hydrogen-bond donors (Lipinski definition) is 2. The summed E-state index contributed by atoms with van der Waals surface area (Å²) in [5.74, 6) is 1.20. The van der Waals surface area contributed by atoms with Gasteiger partial charge in [-0.1, -0.05) is 60.2 Å². The van der Waals surface area contributed by atoms with Crippen molar-refractivity contribution in [2.75, 3.05) is 33.9 Å². The molecule has 1 aliphatic heterocycles. The molecule has 3 rings (SSSR count). The van der Waals surface area contributed by atoms with E-state index < -0.39 is 0 Å². The van der Waals surface area contributed by atoms with Crippen LogP contribution in [0.1, 0.15) is 41.7 Å². The van der Waals surface area contributed by atoms with Gasteiger partial charge in [-0.25, -0.2) is 0 Å². The first-order valence-corrected chi connectivity index (χ1v) is 10.4. The molecule has 156 valence electrons. The van der Waals surface area contributed by atoms with Crippen molar-refractivity contribution in [1.29, 1.82) is 0 Å². The molecule has 1 saturated heterocycles. The molecule has 2 N–H and O–H groups in total. The third kappa shape index (κ3) is 6.05. The lowest BCUT2D eigenvalue weighted by molar-refractivity contribution is -0.0265. The molecule has 0 aromatic heterocycles. The van der Waals surface area contributed by atoms with Gasteiger partial charge in [0.15, 0.2) is 5.96 Å². The molecule has 0 bridgehead atoms. The second kappa shape index (κ2) is 11.0. The van der Waals surface area contributed by atoms with E-state index in [2.05, 4.69) is 58.9 Å². The maximum Gasteiger partial charge on any atom is 0.191 e. The Hall–Kier alpha value is -2.37. The lowest BCUT2D eigenvalue weighted by Gasteiger charge is -2.32. The molecule has 1 fully saturated rings. The number of hydrogen-bond acceptors (Lipinski definition) is 3. The number of nitrogens with zero attached hydrogens (tertiary/aromatic N) is 1. The van der Waals surface area contributed by atoms with Crippen molar-refractivity contribution in [3.05, 3.63) is 71.3 Å². The largest absolute Gasteiger partial charge is 0.375 e. The molecule has 0 aliphatic carbocycles. The molecule has 3 unspecified atom stereocenters. The Morgan fingerprint density at radius 2 is 1.90 bits per heavy atom. The summed E-state index contributed by atoms with van der Waals surface area (Å²) in [6.07, 6.45) is 2.35. The van der Waals surface area contributed by atoms with Crippen LogP contribution in [-0.2, 0) is 9.47 Å². The van der Waals surface area contributed by atoms with Crippen LogP contribution in [0.3, 0.4) is 0 Å². The van der Waals surface area contributed by atoms with Gasteiger partial charge >= 0.3 is 0 Å². The fourth-order valence-electron chi connectivity index (χ4n) is 3.82. The lowest BCUT2D eigenvalue weighted by atomic mass is 9.89. The highest BCUT2D eigenvalue weighted by atomic mass is 16.5. The quantitative estimate of drug-likeness (QED) is 0.549. The summed E-state index contributed by atoms with van der Waals surface area (Å²) in [6, 6.07) is 18.9. The summed E-state index contributed by atoms with van der Waals surface area (Å²) in [6.45, 7) is 4.42.